The van der Waals surface area contributed by atoms with Crippen molar-refractivity contribution in [2.75, 3.05) is 13.7 Å². The van der Waals surface area contributed by atoms with Crippen LogP contribution in [0.4, 0.5) is 0 Å². The van der Waals surface area contributed by atoms with Crippen LogP contribution in [0.1, 0.15) is 90.4 Å². The summed E-state index contributed by atoms with van der Waals surface area (Å²) in [6.07, 6.45) is 15.6. The molecule has 1 aliphatic carbocycles. The van der Waals surface area contributed by atoms with Gasteiger partial charge in [-0.3, -0.25) is 4.79 Å². The number of hydrogen-bond donors (Lipinski definition) is 1. The van der Waals surface area contributed by atoms with Gasteiger partial charge in [0.1, 0.15) is 0 Å². The Morgan fingerprint density at radius 1 is 0.957 bits per heavy atom. The number of ether oxygens (including phenoxy) is 1. The lowest BCUT2D eigenvalue weighted by molar-refractivity contribution is -0.140. The van der Waals surface area contributed by atoms with Gasteiger partial charge in [-0.05, 0) is 43.4 Å². The summed E-state index contributed by atoms with van der Waals surface area (Å²) in [5.41, 5.74) is 0. The van der Waals surface area contributed by atoms with Gasteiger partial charge in [0.15, 0.2) is 0 Å². The van der Waals surface area contributed by atoms with Crippen molar-refractivity contribution in [2.24, 2.45) is 17.8 Å². The summed E-state index contributed by atoms with van der Waals surface area (Å²) in [5.74, 6) is 2.04. The monoisotopic (exact) mass is 326 g/mol. The van der Waals surface area contributed by atoms with E-state index in [0.717, 1.165) is 24.7 Å². The van der Waals surface area contributed by atoms with Gasteiger partial charge < -0.3 is 9.84 Å². The number of hydrogen-bond acceptors (Lipinski definition) is 3. The molecule has 3 atom stereocenters. The maximum Gasteiger partial charge on any atom is 0.305 e. The molecule has 136 valence electrons. The van der Waals surface area contributed by atoms with Crippen LogP contribution in [0.2, 0.25) is 0 Å². The third kappa shape index (κ3) is 8.19. The van der Waals surface area contributed by atoms with Gasteiger partial charge in [0.25, 0.3) is 0 Å². The summed E-state index contributed by atoms with van der Waals surface area (Å²) in [4.78, 5) is 11.1. The summed E-state index contributed by atoms with van der Waals surface area (Å²) < 4.78 is 4.67. The van der Waals surface area contributed by atoms with Crippen LogP contribution in [0, 0.1) is 17.8 Å². The fourth-order valence-corrected chi connectivity index (χ4v) is 4.24. The molecule has 3 unspecified atom stereocenters. The number of unbranched alkanes of at least 4 members (excludes halogenated alkanes) is 6. The molecule has 0 heterocycles. The van der Waals surface area contributed by atoms with Crippen molar-refractivity contribution in [3.8, 4) is 0 Å². The van der Waals surface area contributed by atoms with E-state index in [-0.39, 0.29) is 5.97 Å². The Hall–Kier alpha value is -0.570. The molecule has 1 fully saturated rings. The maximum atomic E-state index is 11.1. The van der Waals surface area contributed by atoms with E-state index >= 15 is 0 Å². The Morgan fingerprint density at radius 3 is 2.30 bits per heavy atom. The van der Waals surface area contributed by atoms with Crippen molar-refractivity contribution in [1.29, 1.82) is 0 Å². The lowest BCUT2D eigenvalue weighted by Gasteiger charge is -2.24. The Kier molecular flexibility index (Phi) is 11.4. The van der Waals surface area contributed by atoms with Crippen LogP contribution in [0.3, 0.4) is 0 Å². The molecule has 3 nitrogen and oxygen atoms in total. The number of carbonyl (C=O) groups is 1. The van der Waals surface area contributed by atoms with Crippen LogP contribution >= 0.6 is 0 Å². The fraction of sp³-hybridized carbons (Fsp3) is 0.950. The summed E-state index contributed by atoms with van der Waals surface area (Å²) in [7, 11) is 1.46. The molecule has 3 heteroatoms. The number of rotatable bonds is 13. The van der Waals surface area contributed by atoms with Crippen molar-refractivity contribution in [3.05, 3.63) is 0 Å². The highest BCUT2D eigenvalue weighted by molar-refractivity contribution is 5.68. The number of esters is 1. The highest BCUT2D eigenvalue weighted by Crippen LogP contribution is 2.42. The van der Waals surface area contributed by atoms with Gasteiger partial charge in [-0.15, -0.1) is 0 Å². The molecule has 0 aromatic rings. The SMILES string of the molecule is CCCCCCC1CCC(CO)C1CCCCCCC(=O)OC. The first-order valence-electron chi connectivity index (χ1n) is 9.90. The second kappa shape index (κ2) is 12.8. The molecule has 1 saturated carbocycles. The maximum absolute atomic E-state index is 11.1. The van der Waals surface area contributed by atoms with E-state index in [2.05, 4.69) is 11.7 Å². The Balaban J connectivity index is 2.19. The molecule has 23 heavy (non-hydrogen) atoms. The molecule has 1 rings (SSSR count). The van der Waals surface area contributed by atoms with E-state index < -0.39 is 0 Å². The minimum absolute atomic E-state index is 0.0896. The van der Waals surface area contributed by atoms with Gasteiger partial charge >= 0.3 is 5.97 Å². The fourth-order valence-electron chi connectivity index (χ4n) is 4.24. The molecule has 1 N–H and O–H groups in total. The highest BCUT2D eigenvalue weighted by atomic mass is 16.5. The molecule has 0 aromatic heterocycles. The van der Waals surface area contributed by atoms with Crippen molar-refractivity contribution < 1.29 is 14.6 Å². The number of carbonyl (C=O) groups excluding carboxylic acids is 1. The summed E-state index contributed by atoms with van der Waals surface area (Å²) in [6, 6.07) is 0. The van der Waals surface area contributed by atoms with E-state index in [4.69, 9.17) is 0 Å². The summed E-state index contributed by atoms with van der Waals surface area (Å²) in [6.45, 7) is 2.64. The van der Waals surface area contributed by atoms with E-state index in [0.29, 0.717) is 18.9 Å². The summed E-state index contributed by atoms with van der Waals surface area (Å²) >= 11 is 0. The van der Waals surface area contributed by atoms with E-state index in [1.165, 1.54) is 71.3 Å². The zero-order valence-electron chi connectivity index (χ0n) is 15.4. The predicted molar refractivity (Wildman–Crippen MR) is 95.3 cm³/mol. The van der Waals surface area contributed by atoms with Crippen LogP contribution in [-0.2, 0) is 9.53 Å². The molecule has 0 spiro atoms. The van der Waals surface area contributed by atoms with Gasteiger partial charge in [-0.1, -0.05) is 58.3 Å². The van der Waals surface area contributed by atoms with E-state index in [9.17, 15) is 9.90 Å². The van der Waals surface area contributed by atoms with Crippen LogP contribution in [0.25, 0.3) is 0 Å². The standard InChI is InChI=1S/C20H38O3/c1-3-4-5-8-11-17-14-15-18(16-21)19(17)12-9-6-7-10-13-20(22)23-2/h17-19,21H,3-16H2,1-2H3. The van der Waals surface area contributed by atoms with Crippen LogP contribution in [0.15, 0.2) is 0 Å². The Labute approximate surface area is 143 Å². The normalized spacial score (nSPS) is 24.0. The average Bonchev–Trinajstić information content (AvgIpc) is 2.96. The first kappa shape index (κ1) is 20.5. The quantitative estimate of drug-likeness (QED) is 0.378. The van der Waals surface area contributed by atoms with Gasteiger partial charge in [0.05, 0.1) is 7.11 Å². The number of methoxy groups -OCH3 is 1. The van der Waals surface area contributed by atoms with Crippen LogP contribution < -0.4 is 0 Å². The molecule has 0 aromatic carbocycles. The third-order valence-corrected chi connectivity index (χ3v) is 5.68. The molecular formula is C20H38O3. The van der Waals surface area contributed by atoms with Crippen molar-refractivity contribution in [2.45, 2.75) is 90.4 Å². The highest BCUT2D eigenvalue weighted by Gasteiger charge is 2.34. The molecule has 0 bridgehead atoms. The third-order valence-electron chi connectivity index (χ3n) is 5.68. The number of aliphatic hydroxyl groups is 1. The van der Waals surface area contributed by atoms with Crippen LogP contribution in [0.5, 0.6) is 0 Å². The van der Waals surface area contributed by atoms with Crippen molar-refractivity contribution in [3.63, 3.8) is 0 Å². The second-order valence-electron chi connectivity index (χ2n) is 7.32. The van der Waals surface area contributed by atoms with Crippen LogP contribution in [-0.4, -0.2) is 24.8 Å². The lowest BCUT2D eigenvalue weighted by atomic mass is 9.82. The number of aliphatic hydroxyl groups excluding tert-OH is 1. The van der Waals surface area contributed by atoms with E-state index in [1.807, 2.05) is 0 Å². The summed E-state index contributed by atoms with van der Waals surface area (Å²) in [5, 5.41) is 9.64. The lowest BCUT2D eigenvalue weighted by Crippen LogP contribution is -2.18. The Bertz CT molecular complexity index is 303. The topological polar surface area (TPSA) is 46.5 Å². The zero-order chi connectivity index (χ0) is 16.9. The molecule has 1 aliphatic rings. The van der Waals surface area contributed by atoms with Crippen molar-refractivity contribution in [1.82, 2.24) is 0 Å². The van der Waals surface area contributed by atoms with Crippen molar-refractivity contribution >= 4 is 5.97 Å². The predicted octanol–water partition coefficient (Wildman–Crippen LogP) is 5.11. The molecular weight excluding hydrogens is 288 g/mol. The molecule has 0 aliphatic heterocycles. The van der Waals surface area contributed by atoms with Gasteiger partial charge in [-0.25, -0.2) is 0 Å². The minimum atomic E-state index is -0.0896. The minimum Gasteiger partial charge on any atom is -0.469 e. The first-order chi connectivity index (χ1) is 11.2. The largest absolute Gasteiger partial charge is 0.469 e. The van der Waals surface area contributed by atoms with E-state index in [1.54, 1.807) is 0 Å². The molecule has 0 saturated heterocycles. The average molecular weight is 327 g/mol. The zero-order valence-corrected chi connectivity index (χ0v) is 15.4. The Morgan fingerprint density at radius 2 is 1.61 bits per heavy atom. The molecule has 0 radical (unpaired) electrons. The second-order valence-corrected chi connectivity index (χ2v) is 7.32. The van der Waals surface area contributed by atoms with Gasteiger partial charge in [-0.2, -0.15) is 0 Å². The van der Waals surface area contributed by atoms with Gasteiger partial charge in [0.2, 0.25) is 0 Å². The van der Waals surface area contributed by atoms with Gasteiger partial charge in [0, 0.05) is 13.0 Å². The molecule has 0 amide bonds. The smallest absolute Gasteiger partial charge is 0.305 e. The first-order valence-corrected chi connectivity index (χ1v) is 9.90.